The van der Waals surface area contributed by atoms with Gasteiger partial charge >= 0.3 is 0 Å². The van der Waals surface area contributed by atoms with E-state index in [1.54, 1.807) is 19.1 Å². The Morgan fingerprint density at radius 3 is 2.68 bits per heavy atom. The highest BCUT2D eigenvalue weighted by atomic mass is 35.5. The number of thioether (sulfide) groups is 1. The van der Waals surface area contributed by atoms with Crippen LogP contribution >= 0.6 is 46.3 Å². The van der Waals surface area contributed by atoms with Crippen LogP contribution in [0.15, 0.2) is 28.7 Å². The first-order chi connectivity index (χ1) is 14.8. The zero-order valence-electron chi connectivity index (χ0n) is 17.0. The molecule has 3 rings (SSSR count). The summed E-state index contributed by atoms with van der Waals surface area (Å²) in [5, 5.41) is 17.3. The summed E-state index contributed by atoms with van der Waals surface area (Å²) in [6.07, 6.45) is 0. The molecule has 0 spiro atoms. The van der Waals surface area contributed by atoms with Crippen molar-refractivity contribution in [2.24, 2.45) is 0 Å². The number of thiazole rings is 1. The molecule has 2 amide bonds. The largest absolute Gasteiger partial charge is 0.345 e. The van der Waals surface area contributed by atoms with E-state index in [2.05, 4.69) is 25.8 Å². The molecule has 2 N–H and O–H groups in total. The topological polar surface area (TPSA) is 102 Å². The van der Waals surface area contributed by atoms with E-state index >= 15 is 0 Å². The minimum absolute atomic E-state index is 0.167. The molecule has 3 aromatic rings. The van der Waals surface area contributed by atoms with Crippen LogP contribution in [-0.4, -0.2) is 36.8 Å². The fourth-order valence-electron chi connectivity index (χ4n) is 2.58. The van der Waals surface area contributed by atoms with Crippen molar-refractivity contribution in [2.75, 3.05) is 5.32 Å². The number of hydrogen-bond acceptors (Lipinski definition) is 7. The predicted molar refractivity (Wildman–Crippen MR) is 124 cm³/mol. The van der Waals surface area contributed by atoms with Gasteiger partial charge in [0.05, 0.1) is 27.5 Å². The van der Waals surface area contributed by atoms with Crippen LogP contribution in [-0.2, 0) is 17.9 Å². The van der Waals surface area contributed by atoms with Crippen LogP contribution in [0, 0.1) is 6.92 Å². The maximum absolute atomic E-state index is 12.5. The molecule has 0 fully saturated rings. The van der Waals surface area contributed by atoms with Gasteiger partial charge in [-0.3, -0.25) is 9.59 Å². The lowest BCUT2D eigenvalue weighted by molar-refractivity contribution is -0.115. The molecule has 0 radical (unpaired) electrons. The molecular weight excluding hydrogens is 479 g/mol. The normalized spacial score (nSPS) is 11.9. The van der Waals surface area contributed by atoms with Gasteiger partial charge in [0.15, 0.2) is 16.1 Å². The van der Waals surface area contributed by atoms with Gasteiger partial charge in [-0.1, -0.05) is 35.0 Å². The summed E-state index contributed by atoms with van der Waals surface area (Å²) < 4.78 is 1.86. The SMILES string of the molecule is CCn1c(CNC(=O)c2ccc(Cl)c(Cl)c2)nnc1S[C@@H](C)C(=O)Nc1nc(C)cs1. The smallest absolute Gasteiger partial charge is 0.251 e. The molecule has 1 aromatic carbocycles. The van der Waals surface area contributed by atoms with Crippen molar-refractivity contribution in [1.29, 1.82) is 0 Å². The molecule has 12 heteroatoms. The third kappa shape index (κ3) is 5.97. The van der Waals surface area contributed by atoms with E-state index in [9.17, 15) is 9.59 Å². The highest BCUT2D eigenvalue weighted by Gasteiger charge is 2.21. The van der Waals surface area contributed by atoms with Gasteiger partial charge in [0.25, 0.3) is 5.91 Å². The van der Waals surface area contributed by atoms with E-state index in [-0.39, 0.29) is 18.4 Å². The Labute approximate surface area is 197 Å². The first-order valence-corrected chi connectivity index (χ1v) is 11.8. The van der Waals surface area contributed by atoms with Gasteiger partial charge in [-0.15, -0.1) is 21.5 Å². The van der Waals surface area contributed by atoms with E-state index in [0.717, 1.165) is 5.69 Å². The van der Waals surface area contributed by atoms with E-state index < -0.39 is 5.25 Å². The summed E-state index contributed by atoms with van der Waals surface area (Å²) in [5.41, 5.74) is 1.26. The number of nitrogens with zero attached hydrogens (tertiary/aromatic N) is 4. The molecule has 0 aliphatic carbocycles. The van der Waals surface area contributed by atoms with Gasteiger partial charge in [-0.05, 0) is 39.0 Å². The van der Waals surface area contributed by atoms with Crippen molar-refractivity contribution >= 4 is 63.2 Å². The molecule has 2 heterocycles. The minimum Gasteiger partial charge on any atom is -0.345 e. The molecule has 0 aliphatic rings. The summed E-state index contributed by atoms with van der Waals surface area (Å²) in [6.45, 7) is 6.38. The first-order valence-electron chi connectivity index (χ1n) is 9.33. The van der Waals surface area contributed by atoms with E-state index in [4.69, 9.17) is 23.2 Å². The second kappa shape index (κ2) is 10.4. The summed E-state index contributed by atoms with van der Waals surface area (Å²) in [5.74, 6) is 0.117. The lowest BCUT2D eigenvalue weighted by Gasteiger charge is -2.12. The molecule has 0 saturated carbocycles. The van der Waals surface area contributed by atoms with Crippen molar-refractivity contribution in [1.82, 2.24) is 25.1 Å². The Bertz CT molecular complexity index is 1100. The zero-order chi connectivity index (χ0) is 22.5. The fraction of sp³-hybridized carbons (Fsp3) is 0.316. The highest BCUT2D eigenvalue weighted by Crippen LogP contribution is 2.25. The molecular formula is C19H20Cl2N6O2S2. The molecule has 31 heavy (non-hydrogen) atoms. The molecule has 0 saturated heterocycles. The predicted octanol–water partition coefficient (Wildman–Crippen LogP) is 4.42. The van der Waals surface area contributed by atoms with E-state index in [0.29, 0.717) is 38.3 Å². The summed E-state index contributed by atoms with van der Waals surface area (Å²) in [7, 11) is 0. The number of rotatable bonds is 8. The number of aryl methyl sites for hydroxylation is 1. The van der Waals surface area contributed by atoms with Gasteiger partial charge in [-0.2, -0.15) is 0 Å². The minimum atomic E-state index is -0.405. The third-order valence-corrected chi connectivity index (χ3v) is 6.89. The zero-order valence-corrected chi connectivity index (χ0v) is 20.1. The Balaban J connectivity index is 1.62. The average Bonchev–Trinajstić information content (AvgIpc) is 3.33. The van der Waals surface area contributed by atoms with Crippen LogP contribution in [0.5, 0.6) is 0 Å². The van der Waals surface area contributed by atoms with Crippen molar-refractivity contribution in [3.8, 4) is 0 Å². The van der Waals surface area contributed by atoms with Gasteiger partial charge in [0.2, 0.25) is 5.91 Å². The number of halogens is 2. The van der Waals surface area contributed by atoms with Crippen molar-refractivity contribution < 1.29 is 9.59 Å². The van der Waals surface area contributed by atoms with Crippen molar-refractivity contribution in [2.45, 2.75) is 44.3 Å². The van der Waals surface area contributed by atoms with Crippen LogP contribution < -0.4 is 10.6 Å². The van der Waals surface area contributed by atoms with Gasteiger partial charge in [0.1, 0.15) is 0 Å². The third-order valence-electron chi connectivity index (χ3n) is 4.20. The monoisotopic (exact) mass is 498 g/mol. The summed E-state index contributed by atoms with van der Waals surface area (Å²) in [6, 6.07) is 4.68. The molecule has 8 nitrogen and oxygen atoms in total. The quantitative estimate of drug-likeness (QED) is 0.445. The lowest BCUT2D eigenvalue weighted by atomic mass is 10.2. The maximum Gasteiger partial charge on any atom is 0.251 e. The molecule has 164 valence electrons. The maximum atomic E-state index is 12.5. The molecule has 0 aliphatic heterocycles. The van der Waals surface area contributed by atoms with Crippen LogP contribution in [0.4, 0.5) is 5.13 Å². The Morgan fingerprint density at radius 1 is 1.26 bits per heavy atom. The number of anilines is 1. The number of carbonyl (C=O) groups excluding carboxylic acids is 2. The van der Waals surface area contributed by atoms with Gasteiger partial charge in [0, 0.05) is 17.5 Å². The average molecular weight is 499 g/mol. The van der Waals surface area contributed by atoms with Crippen molar-refractivity contribution in [3.63, 3.8) is 0 Å². The number of amides is 2. The number of carbonyl (C=O) groups is 2. The number of aromatic nitrogens is 4. The Morgan fingerprint density at radius 2 is 2.03 bits per heavy atom. The molecule has 0 bridgehead atoms. The fourth-order valence-corrected chi connectivity index (χ4v) is 4.50. The number of nitrogens with one attached hydrogen (secondary N) is 2. The highest BCUT2D eigenvalue weighted by molar-refractivity contribution is 8.00. The second-order valence-electron chi connectivity index (χ2n) is 6.50. The van der Waals surface area contributed by atoms with Crippen LogP contribution in [0.25, 0.3) is 0 Å². The summed E-state index contributed by atoms with van der Waals surface area (Å²) in [4.78, 5) is 29.1. The van der Waals surface area contributed by atoms with E-state index in [1.807, 2.05) is 23.8 Å². The number of benzene rings is 1. The van der Waals surface area contributed by atoms with Crippen LogP contribution in [0.3, 0.4) is 0 Å². The van der Waals surface area contributed by atoms with Crippen molar-refractivity contribution in [3.05, 3.63) is 50.7 Å². The Hall–Kier alpha value is -2.14. The molecule has 2 aromatic heterocycles. The molecule has 0 unspecified atom stereocenters. The second-order valence-corrected chi connectivity index (χ2v) is 9.48. The standard InChI is InChI=1S/C19H20Cl2N6O2S2/c1-4-27-15(8-22-17(29)12-5-6-13(20)14(21)7-12)25-26-19(27)31-11(3)16(28)24-18-23-10(2)9-30-18/h5-7,9,11H,4,8H2,1-3H3,(H,22,29)(H,23,24,28)/t11-/m0/s1. The first kappa shape index (κ1) is 23.5. The van der Waals surface area contributed by atoms with E-state index in [1.165, 1.54) is 29.2 Å². The van der Waals surface area contributed by atoms with Gasteiger partial charge in [-0.25, -0.2) is 4.98 Å². The Kier molecular flexibility index (Phi) is 7.93. The summed E-state index contributed by atoms with van der Waals surface area (Å²) >= 11 is 14.5. The number of hydrogen-bond donors (Lipinski definition) is 2. The van der Waals surface area contributed by atoms with Crippen LogP contribution in [0.2, 0.25) is 10.0 Å². The molecule has 1 atom stereocenters. The van der Waals surface area contributed by atoms with Crippen LogP contribution in [0.1, 0.15) is 35.7 Å². The lowest BCUT2D eigenvalue weighted by Crippen LogP contribution is -2.25. The van der Waals surface area contributed by atoms with Gasteiger partial charge < -0.3 is 15.2 Å².